The zero-order valence-corrected chi connectivity index (χ0v) is 13.8. The van der Waals surface area contributed by atoms with Gasteiger partial charge >= 0.3 is 0 Å². The molecule has 1 saturated heterocycles. The molecule has 22 heavy (non-hydrogen) atoms. The summed E-state index contributed by atoms with van der Waals surface area (Å²) in [6, 6.07) is 4.84. The Morgan fingerprint density at radius 2 is 2.27 bits per heavy atom. The molecule has 2 fully saturated rings. The van der Waals surface area contributed by atoms with E-state index in [9.17, 15) is 0 Å². The molecule has 1 atom stereocenters. The SMILES string of the molecule is Cc1oc(-c2cccs2)nc1CN(C[C@@H]1CCOC1)C1CC1. The minimum atomic E-state index is 0.685. The molecule has 5 heteroatoms. The van der Waals surface area contributed by atoms with Crippen molar-refractivity contribution in [3.05, 3.63) is 29.0 Å². The van der Waals surface area contributed by atoms with E-state index in [1.165, 1.54) is 19.3 Å². The molecular formula is C17H22N2O2S. The third-order valence-electron chi connectivity index (χ3n) is 4.56. The molecule has 0 unspecified atom stereocenters. The average Bonchev–Trinajstić information content (AvgIpc) is 2.95. The van der Waals surface area contributed by atoms with E-state index in [1.54, 1.807) is 11.3 Å². The monoisotopic (exact) mass is 318 g/mol. The molecule has 1 saturated carbocycles. The van der Waals surface area contributed by atoms with Crippen LogP contribution in [-0.4, -0.2) is 35.7 Å². The Bertz CT molecular complexity index is 613. The second-order valence-electron chi connectivity index (χ2n) is 6.39. The van der Waals surface area contributed by atoms with E-state index < -0.39 is 0 Å². The molecule has 2 aromatic heterocycles. The number of hydrogen-bond donors (Lipinski definition) is 0. The number of hydrogen-bond acceptors (Lipinski definition) is 5. The highest BCUT2D eigenvalue weighted by atomic mass is 32.1. The van der Waals surface area contributed by atoms with Crippen molar-refractivity contribution >= 4 is 11.3 Å². The normalized spacial score (nSPS) is 21.8. The van der Waals surface area contributed by atoms with Gasteiger partial charge in [-0.15, -0.1) is 11.3 Å². The van der Waals surface area contributed by atoms with Crippen molar-refractivity contribution < 1.29 is 9.15 Å². The van der Waals surface area contributed by atoms with Crippen molar-refractivity contribution in [3.63, 3.8) is 0 Å². The fourth-order valence-corrected chi connectivity index (χ4v) is 3.76. The van der Waals surface area contributed by atoms with Crippen LogP contribution in [0.2, 0.25) is 0 Å². The van der Waals surface area contributed by atoms with E-state index in [2.05, 4.69) is 16.3 Å². The standard InChI is InChI=1S/C17H22N2O2S/c1-12-15(18-17(21-12)16-3-2-8-22-16)10-19(14-4-5-14)9-13-6-7-20-11-13/h2-3,8,13-14H,4-7,9-11H2,1H3/t13-/m0/s1. The van der Waals surface area contributed by atoms with Gasteiger partial charge in [0.2, 0.25) is 5.89 Å². The molecule has 0 aromatic carbocycles. The Morgan fingerprint density at radius 1 is 1.36 bits per heavy atom. The van der Waals surface area contributed by atoms with Gasteiger partial charge in [-0.2, -0.15) is 0 Å². The first kappa shape index (κ1) is 14.4. The summed E-state index contributed by atoms with van der Waals surface area (Å²) in [5.41, 5.74) is 1.09. The lowest BCUT2D eigenvalue weighted by Gasteiger charge is -2.23. The van der Waals surface area contributed by atoms with E-state index in [0.717, 1.165) is 54.6 Å². The molecule has 1 aliphatic heterocycles. The van der Waals surface area contributed by atoms with Crippen molar-refractivity contribution in [3.8, 4) is 10.8 Å². The van der Waals surface area contributed by atoms with Crippen LogP contribution in [0.25, 0.3) is 10.8 Å². The third-order valence-corrected chi connectivity index (χ3v) is 5.42. The van der Waals surface area contributed by atoms with E-state index in [1.807, 2.05) is 13.0 Å². The van der Waals surface area contributed by atoms with Crippen molar-refractivity contribution in [2.24, 2.45) is 5.92 Å². The van der Waals surface area contributed by atoms with Gasteiger partial charge in [-0.3, -0.25) is 4.90 Å². The number of aryl methyl sites for hydroxylation is 1. The predicted octanol–water partition coefficient (Wildman–Crippen LogP) is 3.71. The van der Waals surface area contributed by atoms with Crippen LogP contribution in [0.1, 0.15) is 30.7 Å². The molecule has 118 valence electrons. The summed E-state index contributed by atoms with van der Waals surface area (Å²) >= 11 is 1.68. The smallest absolute Gasteiger partial charge is 0.236 e. The maximum Gasteiger partial charge on any atom is 0.236 e. The first-order valence-corrected chi connectivity index (χ1v) is 8.99. The lowest BCUT2D eigenvalue weighted by molar-refractivity contribution is 0.160. The summed E-state index contributed by atoms with van der Waals surface area (Å²) in [7, 11) is 0. The molecule has 2 aromatic rings. The molecular weight excluding hydrogens is 296 g/mol. The van der Waals surface area contributed by atoms with Gasteiger partial charge in [-0.25, -0.2) is 4.98 Å². The first-order valence-electron chi connectivity index (χ1n) is 8.11. The Hall–Kier alpha value is -1.17. The summed E-state index contributed by atoms with van der Waals surface area (Å²) in [5, 5.41) is 2.06. The zero-order chi connectivity index (χ0) is 14.9. The highest BCUT2D eigenvalue weighted by Crippen LogP contribution is 2.32. The Kier molecular flexibility index (Phi) is 4.03. The molecule has 4 rings (SSSR count). The molecule has 0 N–H and O–H groups in total. The minimum Gasteiger partial charge on any atom is -0.440 e. The fraction of sp³-hybridized carbons (Fsp3) is 0.588. The van der Waals surface area contributed by atoms with Crippen LogP contribution in [0.5, 0.6) is 0 Å². The van der Waals surface area contributed by atoms with Gasteiger partial charge in [0.25, 0.3) is 0 Å². The summed E-state index contributed by atoms with van der Waals surface area (Å²) in [6.45, 7) is 5.91. The van der Waals surface area contributed by atoms with Crippen LogP contribution >= 0.6 is 11.3 Å². The third kappa shape index (κ3) is 3.12. The van der Waals surface area contributed by atoms with Crippen LogP contribution in [-0.2, 0) is 11.3 Å². The van der Waals surface area contributed by atoms with Gasteiger partial charge in [-0.1, -0.05) is 6.07 Å². The molecule has 1 aliphatic carbocycles. The van der Waals surface area contributed by atoms with Gasteiger partial charge in [-0.05, 0) is 43.6 Å². The lowest BCUT2D eigenvalue weighted by atomic mass is 10.1. The molecule has 4 nitrogen and oxygen atoms in total. The quantitative estimate of drug-likeness (QED) is 0.814. The number of ether oxygens (including phenoxy) is 1. The van der Waals surface area contributed by atoms with Gasteiger partial charge in [0.05, 0.1) is 17.2 Å². The minimum absolute atomic E-state index is 0.685. The van der Waals surface area contributed by atoms with Gasteiger partial charge in [0.1, 0.15) is 5.76 Å². The topological polar surface area (TPSA) is 38.5 Å². The molecule has 0 spiro atoms. The van der Waals surface area contributed by atoms with Gasteiger partial charge in [0.15, 0.2) is 0 Å². The predicted molar refractivity (Wildman–Crippen MR) is 86.9 cm³/mol. The second-order valence-corrected chi connectivity index (χ2v) is 7.34. The van der Waals surface area contributed by atoms with Crippen molar-refractivity contribution in [2.45, 2.75) is 38.8 Å². The molecule has 0 bridgehead atoms. The highest BCUT2D eigenvalue weighted by molar-refractivity contribution is 7.13. The van der Waals surface area contributed by atoms with Crippen molar-refractivity contribution in [1.29, 1.82) is 0 Å². The summed E-state index contributed by atoms with van der Waals surface area (Å²) in [6.07, 6.45) is 3.84. The summed E-state index contributed by atoms with van der Waals surface area (Å²) in [5.74, 6) is 2.41. The molecule has 0 amide bonds. The highest BCUT2D eigenvalue weighted by Gasteiger charge is 2.32. The number of rotatable bonds is 6. The Morgan fingerprint density at radius 3 is 2.95 bits per heavy atom. The average molecular weight is 318 g/mol. The second kappa shape index (κ2) is 6.14. The number of thiophene rings is 1. The van der Waals surface area contributed by atoms with Crippen LogP contribution in [0.3, 0.4) is 0 Å². The van der Waals surface area contributed by atoms with Crippen molar-refractivity contribution in [1.82, 2.24) is 9.88 Å². The van der Waals surface area contributed by atoms with E-state index in [-0.39, 0.29) is 0 Å². The molecule has 2 aliphatic rings. The lowest BCUT2D eigenvalue weighted by Crippen LogP contribution is -2.31. The zero-order valence-electron chi connectivity index (χ0n) is 13.0. The molecule has 3 heterocycles. The van der Waals surface area contributed by atoms with E-state index in [0.29, 0.717) is 5.92 Å². The largest absolute Gasteiger partial charge is 0.440 e. The fourth-order valence-electron chi connectivity index (χ4n) is 3.11. The van der Waals surface area contributed by atoms with Crippen LogP contribution in [0.15, 0.2) is 21.9 Å². The first-order chi connectivity index (χ1) is 10.8. The van der Waals surface area contributed by atoms with Crippen LogP contribution < -0.4 is 0 Å². The van der Waals surface area contributed by atoms with Crippen LogP contribution in [0.4, 0.5) is 0 Å². The Balaban J connectivity index is 1.48. The van der Waals surface area contributed by atoms with E-state index in [4.69, 9.17) is 14.1 Å². The Labute approximate surface area is 135 Å². The molecule has 0 radical (unpaired) electrons. The number of nitrogens with zero attached hydrogens (tertiary/aromatic N) is 2. The number of oxazole rings is 1. The maximum atomic E-state index is 5.88. The van der Waals surface area contributed by atoms with Gasteiger partial charge in [0, 0.05) is 25.7 Å². The van der Waals surface area contributed by atoms with Crippen molar-refractivity contribution in [2.75, 3.05) is 19.8 Å². The maximum absolute atomic E-state index is 5.88. The number of aromatic nitrogens is 1. The summed E-state index contributed by atoms with van der Waals surface area (Å²) < 4.78 is 11.4. The summed E-state index contributed by atoms with van der Waals surface area (Å²) in [4.78, 5) is 8.44. The van der Waals surface area contributed by atoms with Gasteiger partial charge < -0.3 is 9.15 Å². The van der Waals surface area contributed by atoms with E-state index >= 15 is 0 Å². The van der Waals surface area contributed by atoms with Crippen LogP contribution in [0, 0.1) is 12.8 Å².